The zero-order chi connectivity index (χ0) is 14.2. The van der Waals surface area contributed by atoms with Gasteiger partial charge in [0.1, 0.15) is 5.72 Å². The van der Waals surface area contributed by atoms with Crippen LogP contribution in [0.15, 0.2) is 0 Å². The fraction of sp³-hybridized carbons (Fsp3) is 1.00. The van der Waals surface area contributed by atoms with Crippen LogP contribution < -0.4 is 5.32 Å². The quantitative estimate of drug-likeness (QED) is 0.742. The summed E-state index contributed by atoms with van der Waals surface area (Å²) in [5, 5.41) is 15.2. The van der Waals surface area contributed by atoms with Crippen molar-refractivity contribution in [3.63, 3.8) is 0 Å². The highest BCUT2D eigenvalue weighted by atomic mass is 16.3. The van der Waals surface area contributed by atoms with E-state index in [4.69, 9.17) is 0 Å². The van der Waals surface area contributed by atoms with E-state index in [0.29, 0.717) is 12.0 Å². The predicted molar refractivity (Wildman–Crippen MR) is 83.4 cm³/mol. The number of fused-ring (bicyclic) bond motifs is 1. The van der Waals surface area contributed by atoms with Gasteiger partial charge in [0.2, 0.25) is 0 Å². The molecule has 0 saturated heterocycles. The van der Waals surface area contributed by atoms with E-state index in [0.717, 1.165) is 12.3 Å². The molecule has 0 bridgehead atoms. The predicted octanol–water partition coefficient (Wildman–Crippen LogP) is 4.22. The summed E-state index contributed by atoms with van der Waals surface area (Å²) < 4.78 is 0. The van der Waals surface area contributed by atoms with E-state index in [2.05, 4.69) is 19.2 Å². The van der Waals surface area contributed by atoms with E-state index >= 15 is 0 Å². The Hall–Kier alpha value is -0.0800. The van der Waals surface area contributed by atoms with Gasteiger partial charge in [-0.15, -0.1) is 0 Å². The zero-order valence-electron chi connectivity index (χ0n) is 13.5. The molecular weight excluding hydrogens is 246 g/mol. The fourth-order valence-corrected chi connectivity index (χ4v) is 5.61. The molecule has 3 fully saturated rings. The first-order valence-electron chi connectivity index (χ1n) is 9.05. The Labute approximate surface area is 124 Å². The van der Waals surface area contributed by atoms with Gasteiger partial charge in [0.15, 0.2) is 0 Å². The highest BCUT2D eigenvalue weighted by Gasteiger charge is 2.56. The molecule has 0 aromatic heterocycles. The molecular formula is C18H33NO. The van der Waals surface area contributed by atoms with Crippen molar-refractivity contribution in [3.8, 4) is 0 Å². The van der Waals surface area contributed by atoms with Gasteiger partial charge in [-0.2, -0.15) is 0 Å². The lowest BCUT2D eigenvalue weighted by molar-refractivity contribution is -0.189. The maximum Gasteiger partial charge on any atom is 0.121 e. The molecule has 2 nitrogen and oxygen atoms in total. The average Bonchev–Trinajstić information content (AvgIpc) is 2.42. The van der Waals surface area contributed by atoms with Crippen molar-refractivity contribution in [1.29, 1.82) is 0 Å². The molecule has 0 amide bonds. The Kier molecular flexibility index (Phi) is 4.16. The van der Waals surface area contributed by atoms with Crippen LogP contribution in [-0.4, -0.2) is 16.9 Å². The Morgan fingerprint density at radius 3 is 2.35 bits per heavy atom. The van der Waals surface area contributed by atoms with E-state index in [-0.39, 0.29) is 5.41 Å². The molecule has 0 aliphatic heterocycles. The Bertz CT molecular complexity index is 338. The number of nitrogens with one attached hydrogen (secondary N) is 1. The number of hydrogen-bond donors (Lipinski definition) is 2. The van der Waals surface area contributed by atoms with Gasteiger partial charge in [-0.05, 0) is 50.4 Å². The molecule has 0 aromatic carbocycles. The summed E-state index contributed by atoms with van der Waals surface area (Å²) in [6.45, 7) is 4.79. The summed E-state index contributed by atoms with van der Waals surface area (Å²) in [5.74, 6) is 1.50. The molecule has 4 unspecified atom stereocenters. The first-order valence-corrected chi connectivity index (χ1v) is 9.05. The molecule has 3 rings (SSSR count). The number of aliphatic hydroxyl groups is 1. The van der Waals surface area contributed by atoms with Crippen LogP contribution in [0.4, 0.5) is 0 Å². The summed E-state index contributed by atoms with van der Waals surface area (Å²) in [6, 6.07) is 0.557. The summed E-state index contributed by atoms with van der Waals surface area (Å²) >= 11 is 0. The van der Waals surface area contributed by atoms with Crippen LogP contribution in [-0.2, 0) is 0 Å². The molecule has 4 atom stereocenters. The van der Waals surface area contributed by atoms with Gasteiger partial charge in [-0.1, -0.05) is 46.0 Å². The van der Waals surface area contributed by atoms with Gasteiger partial charge < -0.3 is 5.11 Å². The third-order valence-electron chi connectivity index (χ3n) is 6.91. The van der Waals surface area contributed by atoms with Crippen LogP contribution in [0.1, 0.15) is 84.5 Å². The third-order valence-corrected chi connectivity index (χ3v) is 6.91. The smallest absolute Gasteiger partial charge is 0.121 e. The fourth-order valence-electron chi connectivity index (χ4n) is 5.61. The molecule has 20 heavy (non-hydrogen) atoms. The van der Waals surface area contributed by atoms with Crippen molar-refractivity contribution in [1.82, 2.24) is 5.32 Å². The number of hydrogen-bond acceptors (Lipinski definition) is 2. The Morgan fingerprint density at radius 2 is 1.60 bits per heavy atom. The largest absolute Gasteiger partial charge is 0.375 e. The SMILES string of the molecule is CC1CCCC2(C)C1CCCC2(O)NC1CCCCC1. The topological polar surface area (TPSA) is 32.3 Å². The minimum atomic E-state index is -0.605. The van der Waals surface area contributed by atoms with Crippen LogP contribution >= 0.6 is 0 Å². The molecule has 0 heterocycles. The standard InChI is InChI=1S/C18H33NO/c1-14-8-6-12-17(2)16(14)11-7-13-18(17,20)19-15-9-4-3-5-10-15/h14-16,19-20H,3-13H2,1-2H3. The van der Waals surface area contributed by atoms with Gasteiger partial charge in [0.05, 0.1) is 0 Å². The summed E-state index contributed by atoms with van der Waals surface area (Å²) in [7, 11) is 0. The van der Waals surface area contributed by atoms with E-state index in [1.165, 1.54) is 64.2 Å². The molecule has 3 aliphatic carbocycles. The lowest BCUT2D eigenvalue weighted by Gasteiger charge is -2.58. The lowest BCUT2D eigenvalue weighted by Crippen LogP contribution is -2.66. The minimum Gasteiger partial charge on any atom is -0.375 e. The normalized spacial score (nSPS) is 47.0. The van der Waals surface area contributed by atoms with E-state index in [9.17, 15) is 5.11 Å². The van der Waals surface area contributed by atoms with Crippen molar-refractivity contribution in [3.05, 3.63) is 0 Å². The van der Waals surface area contributed by atoms with Crippen molar-refractivity contribution in [2.45, 2.75) is 96.2 Å². The lowest BCUT2D eigenvalue weighted by atomic mass is 9.53. The zero-order valence-corrected chi connectivity index (χ0v) is 13.5. The van der Waals surface area contributed by atoms with Gasteiger partial charge in [0.25, 0.3) is 0 Å². The maximum atomic E-state index is 11.5. The second-order valence-electron chi connectivity index (χ2n) is 8.13. The molecule has 3 aliphatic rings. The van der Waals surface area contributed by atoms with Crippen molar-refractivity contribution in [2.75, 3.05) is 0 Å². The summed E-state index contributed by atoms with van der Waals surface area (Å²) in [6.07, 6.45) is 13.9. The van der Waals surface area contributed by atoms with Crippen LogP contribution in [0, 0.1) is 17.3 Å². The molecule has 0 aromatic rings. The highest BCUT2D eigenvalue weighted by molar-refractivity contribution is 5.05. The van der Waals surface area contributed by atoms with Crippen LogP contribution in [0.25, 0.3) is 0 Å². The molecule has 116 valence electrons. The van der Waals surface area contributed by atoms with E-state index in [1.54, 1.807) is 0 Å². The molecule has 3 saturated carbocycles. The molecule has 2 heteroatoms. The minimum absolute atomic E-state index is 0.0976. The average molecular weight is 279 g/mol. The van der Waals surface area contributed by atoms with Gasteiger partial charge in [-0.3, -0.25) is 5.32 Å². The summed E-state index contributed by atoms with van der Waals surface area (Å²) in [5.41, 5.74) is -0.507. The maximum absolute atomic E-state index is 11.5. The first kappa shape index (κ1) is 14.8. The molecule has 2 N–H and O–H groups in total. The Balaban J connectivity index is 1.78. The van der Waals surface area contributed by atoms with Gasteiger partial charge in [0, 0.05) is 11.5 Å². The second-order valence-corrected chi connectivity index (χ2v) is 8.13. The molecule has 0 spiro atoms. The first-order chi connectivity index (χ1) is 9.55. The van der Waals surface area contributed by atoms with Crippen molar-refractivity contribution >= 4 is 0 Å². The van der Waals surface area contributed by atoms with Crippen molar-refractivity contribution in [2.24, 2.45) is 17.3 Å². The second kappa shape index (κ2) is 5.61. The van der Waals surface area contributed by atoms with E-state index in [1.807, 2.05) is 0 Å². The van der Waals surface area contributed by atoms with Crippen LogP contribution in [0.5, 0.6) is 0 Å². The monoisotopic (exact) mass is 279 g/mol. The highest BCUT2D eigenvalue weighted by Crippen LogP contribution is 2.56. The van der Waals surface area contributed by atoms with Crippen molar-refractivity contribution < 1.29 is 5.11 Å². The van der Waals surface area contributed by atoms with Gasteiger partial charge >= 0.3 is 0 Å². The van der Waals surface area contributed by atoms with Crippen LogP contribution in [0.3, 0.4) is 0 Å². The molecule has 0 radical (unpaired) electrons. The summed E-state index contributed by atoms with van der Waals surface area (Å²) in [4.78, 5) is 0. The third kappa shape index (κ3) is 2.43. The van der Waals surface area contributed by atoms with E-state index < -0.39 is 5.72 Å². The van der Waals surface area contributed by atoms with Gasteiger partial charge in [-0.25, -0.2) is 0 Å². The van der Waals surface area contributed by atoms with Crippen LogP contribution in [0.2, 0.25) is 0 Å². The Morgan fingerprint density at radius 1 is 0.900 bits per heavy atom. The number of rotatable bonds is 2.